The van der Waals surface area contributed by atoms with Crippen molar-refractivity contribution < 1.29 is 4.79 Å². The Bertz CT molecular complexity index is 1060. The molecule has 1 aromatic carbocycles. The molecule has 7 heteroatoms. The van der Waals surface area contributed by atoms with E-state index in [1.165, 1.54) is 27.4 Å². The van der Waals surface area contributed by atoms with Gasteiger partial charge in [-0.2, -0.15) is 4.37 Å². The SMILES string of the molecule is CNc1snc(C)c1C(=O)NC[C@@H](c1cccs1)c1c[nH]c2ccccc12. The van der Waals surface area contributed by atoms with Crippen LogP contribution in [0.4, 0.5) is 5.00 Å². The van der Waals surface area contributed by atoms with Gasteiger partial charge in [0.2, 0.25) is 0 Å². The molecule has 0 aliphatic carbocycles. The summed E-state index contributed by atoms with van der Waals surface area (Å²) in [5, 5.41) is 10.2. The molecule has 0 saturated heterocycles. The normalized spacial score (nSPS) is 12.2. The number of anilines is 1. The number of amides is 1. The van der Waals surface area contributed by atoms with E-state index in [2.05, 4.69) is 55.8 Å². The standard InChI is InChI=1S/C20H20N4OS2/c1-12-18(20(21-2)27-24-12)19(25)23-11-15(17-8-5-9-26-17)14-10-22-16-7-4-3-6-13(14)16/h3-10,15,21-22H,11H2,1-2H3,(H,23,25)/t15-/m1/s1. The molecule has 0 spiro atoms. The van der Waals surface area contributed by atoms with E-state index in [0.717, 1.165) is 16.2 Å². The highest BCUT2D eigenvalue weighted by Gasteiger charge is 2.22. The summed E-state index contributed by atoms with van der Waals surface area (Å²) in [6.45, 7) is 2.39. The van der Waals surface area contributed by atoms with Crippen molar-refractivity contribution in [2.45, 2.75) is 12.8 Å². The fourth-order valence-corrected chi connectivity index (χ4v) is 4.91. The van der Waals surface area contributed by atoms with Crippen molar-refractivity contribution in [3.63, 3.8) is 0 Å². The van der Waals surface area contributed by atoms with Gasteiger partial charge in [0.05, 0.1) is 11.3 Å². The summed E-state index contributed by atoms with van der Waals surface area (Å²) >= 11 is 3.02. The van der Waals surface area contributed by atoms with Crippen molar-refractivity contribution in [1.82, 2.24) is 14.7 Å². The molecule has 0 saturated carbocycles. The van der Waals surface area contributed by atoms with Gasteiger partial charge in [-0.25, -0.2) is 0 Å². The predicted molar refractivity (Wildman–Crippen MR) is 113 cm³/mol. The van der Waals surface area contributed by atoms with Crippen LogP contribution >= 0.6 is 22.9 Å². The molecule has 1 atom stereocenters. The van der Waals surface area contributed by atoms with Crippen LogP contribution in [0.15, 0.2) is 48.0 Å². The van der Waals surface area contributed by atoms with Crippen molar-refractivity contribution in [3.8, 4) is 0 Å². The Hall–Kier alpha value is -2.64. The monoisotopic (exact) mass is 396 g/mol. The second-order valence-corrected chi connectivity index (χ2v) is 8.04. The highest BCUT2D eigenvalue weighted by molar-refractivity contribution is 7.10. The number of rotatable bonds is 6. The number of carbonyl (C=O) groups excluding carboxylic acids is 1. The van der Waals surface area contributed by atoms with Gasteiger partial charge in [0.1, 0.15) is 5.00 Å². The Kier molecular flexibility index (Phi) is 4.96. The smallest absolute Gasteiger partial charge is 0.256 e. The first kappa shape index (κ1) is 17.8. The number of aryl methyl sites for hydroxylation is 1. The van der Waals surface area contributed by atoms with Gasteiger partial charge in [0.25, 0.3) is 5.91 Å². The molecule has 3 aromatic heterocycles. The van der Waals surface area contributed by atoms with E-state index in [4.69, 9.17) is 0 Å². The van der Waals surface area contributed by atoms with Gasteiger partial charge in [-0.05, 0) is 41.5 Å². The molecule has 0 radical (unpaired) electrons. The Morgan fingerprint density at radius 2 is 2.11 bits per heavy atom. The summed E-state index contributed by atoms with van der Waals surface area (Å²) in [4.78, 5) is 17.4. The number of aromatic nitrogens is 2. The number of carbonyl (C=O) groups is 1. The Balaban J connectivity index is 1.63. The number of aromatic amines is 1. The first-order valence-electron chi connectivity index (χ1n) is 8.70. The number of hydrogen-bond donors (Lipinski definition) is 3. The number of H-pyrrole nitrogens is 1. The molecule has 0 unspecified atom stereocenters. The zero-order chi connectivity index (χ0) is 18.8. The molecule has 4 aromatic rings. The van der Waals surface area contributed by atoms with E-state index < -0.39 is 0 Å². The highest BCUT2D eigenvalue weighted by atomic mass is 32.1. The van der Waals surface area contributed by atoms with Gasteiger partial charge in [0.15, 0.2) is 0 Å². The third-order valence-corrected chi connectivity index (χ3v) is 6.61. The largest absolute Gasteiger partial charge is 0.378 e. The number of nitrogens with zero attached hydrogens (tertiary/aromatic N) is 1. The molecular weight excluding hydrogens is 376 g/mol. The minimum absolute atomic E-state index is 0.0907. The zero-order valence-corrected chi connectivity index (χ0v) is 16.7. The van der Waals surface area contributed by atoms with E-state index in [-0.39, 0.29) is 11.8 Å². The number of para-hydroxylation sites is 1. The molecule has 0 aliphatic heterocycles. The average Bonchev–Trinajstić information content (AvgIpc) is 3.42. The number of thiophene rings is 1. The lowest BCUT2D eigenvalue weighted by Gasteiger charge is -2.16. The van der Waals surface area contributed by atoms with E-state index in [1.807, 2.05) is 26.1 Å². The molecule has 1 amide bonds. The third kappa shape index (κ3) is 3.36. The van der Waals surface area contributed by atoms with Crippen LogP contribution in [0.2, 0.25) is 0 Å². The molecule has 0 bridgehead atoms. The van der Waals surface area contributed by atoms with Crippen LogP contribution < -0.4 is 10.6 Å². The number of benzene rings is 1. The van der Waals surface area contributed by atoms with Crippen LogP contribution in [0.3, 0.4) is 0 Å². The summed E-state index contributed by atoms with van der Waals surface area (Å²) < 4.78 is 4.29. The second-order valence-electron chi connectivity index (χ2n) is 6.29. The van der Waals surface area contributed by atoms with E-state index >= 15 is 0 Å². The van der Waals surface area contributed by atoms with Gasteiger partial charge >= 0.3 is 0 Å². The first-order chi connectivity index (χ1) is 13.2. The van der Waals surface area contributed by atoms with Gasteiger partial charge < -0.3 is 15.6 Å². The summed E-state index contributed by atoms with van der Waals surface area (Å²) in [5.41, 5.74) is 3.69. The van der Waals surface area contributed by atoms with Crippen molar-refractivity contribution >= 4 is 44.7 Å². The fourth-order valence-electron chi connectivity index (χ4n) is 3.33. The molecule has 3 N–H and O–H groups in total. The summed E-state index contributed by atoms with van der Waals surface area (Å²) in [6, 6.07) is 12.4. The van der Waals surface area contributed by atoms with E-state index in [0.29, 0.717) is 12.1 Å². The second kappa shape index (κ2) is 7.54. The van der Waals surface area contributed by atoms with Gasteiger partial charge in [-0.3, -0.25) is 4.79 Å². The Morgan fingerprint density at radius 1 is 1.26 bits per heavy atom. The minimum Gasteiger partial charge on any atom is -0.378 e. The van der Waals surface area contributed by atoms with Crippen molar-refractivity contribution in [3.05, 3.63) is 69.7 Å². The summed E-state index contributed by atoms with van der Waals surface area (Å²) in [7, 11) is 1.81. The van der Waals surface area contributed by atoms with Gasteiger partial charge in [0, 0.05) is 41.5 Å². The lowest BCUT2D eigenvalue weighted by Crippen LogP contribution is -2.29. The number of hydrogen-bond acceptors (Lipinski definition) is 5. The third-order valence-electron chi connectivity index (χ3n) is 4.67. The van der Waals surface area contributed by atoms with E-state index in [9.17, 15) is 4.79 Å². The zero-order valence-electron chi connectivity index (χ0n) is 15.1. The molecular formula is C20H20N4OS2. The highest BCUT2D eigenvalue weighted by Crippen LogP contribution is 2.33. The Morgan fingerprint density at radius 3 is 2.89 bits per heavy atom. The lowest BCUT2D eigenvalue weighted by atomic mass is 9.96. The Labute approximate surface area is 165 Å². The number of nitrogens with one attached hydrogen (secondary N) is 3. The van der Waals surface area contributed by atoms with Crippen LogP contribution in [-0.4, -0.2) is 28.9 Å². The maximum atomic E-state index is 12.8. The van der Waals surface area contributed by atoms with Crippen LogP contribution in [0.1, 0.15) is 32.4 Å². The lowest BCUT2D eigenvalue weighted by molar-refractivity contribution is 0.0953. The number of fused-ring (bicyclic) bond motifs is 1. The van der Waals surface area contributed by atoms with Crippen LogP contribution in [-0.2, 0) is 0 Å². The topological polar surface area (TPSA) is 69.8 Å². The van der Waals surface area contributed by atoms with Crippen molar-refractivity contribution in [1.29, 1.82) is 0 Å². The molecule has 3 heterocycles. The fraction of sp³-hybridized carbons (Fsp3) is 0.200. The summed E-state index contributed by atoms with van der Waals surface area (Å²) in [5.74, 6) is 0.00188. The van der Waals surface area contributed by atoms with Crippen LogP contribution in [0, 0.1) is 6.92 Å². The quantitative estimate of drug-likeness (QED) is 0.446. The maximum Gasteiger partial charge on any atom is 0.256 e. The minimum atomic E-state index is -0.0907. The van der Waals surface area contributed by atoms with E-state index in [1.54, 1.807) is 11.3 Å². The first-order valence-corrected chi connectivity index (χ1v) is 10.4. The van der Waals surface area contributed by atoms with Crippen molar-refractivity contribution in [2.75, 3.05) is 18.9 Å². The molecule has 138 valence electrons. The molecule has 5 nitrogen and oxygen atoms in total. The maximum absolute atomic E-state index is 12.8. The summed E-state index contributed by atoms with van der Waals surface area (Å²) in [6.07, 6.45) is 2.05. The van der Waals surface area contributed by atoms with Crippen molar-refractivity contribution in [2.24, 2.45) is 0 Å². The molecule has 0 fully saturated rings. The predicted octanol–water partition coefficient (Wildman–Crippen LogP) is 4.60. The van der Waals surface area contributed by atoms with Crippen LogP contribution in [0.5, 0.6) is 0 Å². The molecule has 4 rings (SSSR count). The molecule has 27 heavy (non-hydrogen) atoms. The molecule has 0 aliphatic rings. The van der Waals surface area contributed by atoms with Gasteiger partial charge in [-0.1, -0.05) is 24.3 Å². The van der Waals surface area contributed by atoms with Gasteiger partial charge in [-0.15, -0.1) is 11.3 Å². The average molecular weight is 397 g/mol. The van der Waals surface area contributed by atoms with Crippen LogP contribution in [0.25, 0.3) is 10.9 Å².